The molecular formula is C50H32N6. The minimum atomic E-state index is 0.452. The molecule has 0 N–H and O–H groups in total. The number of aromatic nitrogens is 5. The molecule has 9 aromatic rings. The predicted molar refractivity (Wildman–Crippen MR) is 224 cm³/mol. The fraction of sp³-hybridized carbons (Fsp3) is 0. The van der Waals surface area contributed by atoms with E-state index in [1.54, 1.807) is 6.07 Å². The van der Waals surface area contributed by atoms with Gasteiger partial charge < -0.3 is 0 Å². The van der Waals surface area contributed by atoms with Crippen molar-refractivity contribution in [3.63, 3.8) is 0 Å². The highest BCUT2D eigenvalue weighted by Crippen LogP contribution is 2.33. The SMILES string of the molecule is N#Cc1ccccc1-c1nc(-c2ccccc2)nc(-c2ccc(-c3cccc(-c4cc(-c5ccccc5)nc(-c5cccc(-c6ccccc6)c5)n4)c3)cc2)n1. The first-order chi connectivity index (χ1) is 27.7. The summed E-state index contributed by atoms with van der Waals surface area (Å²) in [4.78, 5) is 24.8. The van der Waals surface area contributed by atoms with Crippen molar-refractivity contribution in [1.82, 2.24) is 24.9 Å². The molecule has 0 atom stereocenters. The molecule has 0 amide bonds. The monoisotopic (exact) mass is 716 g/mol. The maximum absolute atomic E-state index is 9.84. The number of rotatable bonds is 8. The summed E-state index contributed by atoms with van der Waals surface area (Å²) in [5.41, 5.74) is 11.9. The van der Waals surface area contributed by atoms with Crippen LogP contribution in [0.25, 0.3) is 90.3 Å². The average Bonchev–Trinajstić information content (AvgIpc) is 3.29. The second-order valence-corrected chi connectivity index (χ2v) is 13.3. The maximum Gasteiger partial charge on any atom is 0.165 e. The minimum Gasteiger partial charge on any atom is -0.228 e. The Labute approximate surface area is 325 Å². The van der Waals surface area contributed by atoms with E-state index in [0.717, 1.165) is 61.5 Å². The first-order valence-electron chi connectivity index (χ1n) is 18.3. The van der Waals surface area contributed by atoms with Crippen LogP contribution < -0.4 is 0 Å². The molecule has 7 aromatic carbocycles. The second-order valence-electron chi connectivity index (χ2n) is 13.3. The van der Waals surface area contributed by atoms with Gasteiger partial charge in [-0.15, -0.1) is 0 Å². The van der Waals surface area contributed by atoms with Gasteiger partial charge in [-0.2, -0.15) is 5.26 Å². The van der Waals surface area contributed by atoms with E-state index in [1.165, 1.54) is 0 Å². The number of benzene rings is 7. The molecule has 0 saturated heterocycles. The van der Waals surface area contributed by atoms with E-state index in [4.69, 9.17) is 24.9 Å². The van der Waals surface area contributed by atoms with Crippen LogP contribution in [0.15, 0.2) is 194 Å². The summed E-state index contributed by atoms with van der Waals surface area (Å²) >= 11 is 0. The Balaban J connectivity index is 1.08. The van der Waals surface area contributed by atoms with Crippen LogP contribution in [0.3, 0.4) is 0 Å². The Hall–Kier alpha value is -7.88. The Morgan fingerprint density at radius 2 is 0.696 bits per heavy atom. The van der Waals surface area contributed by atoms with Gasteiger partial charge in [0.15, 0.2) is 23.3 Å². The van der Waals surface area contributed by atoms with Crippen molar-refractivity contribution < 1.29 is 0 Å². The third-order valence-electron chi connectivity index (χ3n) is 9.61. The predicted octanol–water partition coefficient (Wildman–Crippen LogP) is 11.9. The smallest absolute Gasteiger partial charge is 0.165 e. The van der Waals surface area contributed by atoms with Crippen molar-refractivity contribution in [2.45, 2.75) is 0 Å². The molecule has 9 rings (SSSR count). The average molecular weight is 717 g/mol. The molecule has 0 saturated carbocycles. The van der Waals surface area contributed by atoms with Gasteiger partial charge in [-0.3, -0.25) is 0 Å². The fourth-order valence-corrected chi connectivity index (χ4v) is 6.74. The van der Waals surface area contributed by atoms with Crippen LogP contribution in [-0.2, 0) is 0 Å². The molecule has 2 aromatic heterocycles. The summed E-state index contributed by atoms with van der Waals surface area (Å²) in [6, 6.07) is 67.2. The van der Waals surface area contributed by atoms with Gasteiger partial charge in [-0.05, 0) is 52.6 Å². The molecule has 2 heterocycles. The van der Waals surface area contributed by atoms with Crippen molar-refractivity contribution in [3.05, 3.63) is 200 Å². The molecule has 262 valence electrons. The molecule has 0 aliphatic carbocycles. The van der Waals surface area contributed by atoms with Crippen LogP contribution in [0.1, 0.15) is 5.56 Å². The zero-order valence-electron chi connectivity index (χ0n) is 30.2. The van der Waals surface area contributed by atoms with Crippen LogP contribution in [0.2, 0.25) is 0 Å². The van der Waals surface area contributed by atoms with Gasteiger partial charge in [0, 0.05) is 33.4 Å². The van der Waals surface area contributed by atoms with Gasteiger partial charge in [0.1, 0.15) is 0 Å². The molecule has 6 nitrogen and oxygen atoms in total. The van der Waals surface area contributed by atoms with Crippen molar-refractivity contribution in [2.75, 3.05) is 0 Å². The van der Waals surface area contributed by atoms with Gasteiger partial charge in [0.25, 0.3) is 0 Å². The second kappa shape index (κ2) is 15.2. The van der Waals surface area contributed by atoms with Crippen LogP contribution in [0.4, 0.5) is 0 Å². The Morgan fingerprint density at radius 1 is 0.286 bits per heavy atom. The van der Waals surface area contributed by atoms with Crippen LogP contribution >= 0.6 is 0 Å². The third-order valence-corrected chi connectivity index (χ3v) is 9.61. The summed E-state index contributed by atoms with van der Waals surface area (Å²) in [5, 5.41) is 9.84. The van der Waals surface area contributed by atoms with Crippen LogP contribution in [-0.4, -0.2) is 24.9 Å². The quantitative estimate of drug-likeness (QED) is 0.156. The normalized spacial score (nSPS) is 10.8. The summed E-state index contributed by atoms with van der Waals surface area (Å²) < 4.78 is 0. The maximum atomic E-state index is 9.84. The summed E-state index contributed by atoms with van der Waals surface area (Å²) in [6.45, 7) is 0. The van der Waals surface area contributed by atoms with Crippen molar-refractivity contribution in [2.24, 2.45) is 0 Å². The first kappa shape index (κ1) is 33.9. The molecule has 56 heavy (non-hydrogen) atoms. The molecular weight excluding hydrogens is 685 g/mol. The molecule has 0 unspecified atom stereocenters. The highest BCUT2D eigenvalue weighted by Gasteiger charge is 2.16. The number of hydrogen-bond acceptors (Lipinski definition) is 6. The summed E-state index contributed by atoms with van der Waals surface area (Å²) in [5.74, 6) is 2.19. The molecule has 0 spiro atoms. The lowest BCUT2D eigenvalue weighted by Crippen LogP contribution is -2.01. The van der Waals surface area contributed by atoms with Crippen LogP contribution in [0.5, 0.6) is 0 Å². The van der Waals surface area contributed by atoms with E-state index in [9.17, 15) is 5.26 Å². The largest absolute Gasteiger partial charge is 0.228 e. The Kier molecular flexibility index (Phi) is 9.23. The van der Waals surface area contributed by atoms with Crippen LogP contribution in [0, 0.1) is 11.3 Å². The lowest BCUT2D eigenvalue weighted by molar-refractivity contribution is 1.07. The van der Waals surface area contributed by atoms with Crippen molar-refractivity contribution in [1.29, 1.82) is 5.26 Å². The highest BCUT2D eigenvalue weighted by molar-refractivity contribution is 5.78. The van der Waals surface area contributed by atoms with Crippen molar-refractivity contribution >= 4 is 0 Å². The fourth-order valence-electron chi connectivity index (χ4n) is 6.74. The van der Waals surface area contributed by atoms with E-state index in [-0.39, 0.29) is 0 Å². The van der Waals surface area contributed by atoms with Gasteiger partial charge in [0.2, 0.25) is 0 Å². The summed E-state index contributed by atoms with van der Waals surface area (Å²) in [7, 11) is 0. The van der Waals surface area contributed by atoms with Gasteiger partial charge in [-0.1, -0.05) is 164 Å². The molecule has 0 radical (unpaired) electrons. The number of nitrogens with zero attached hydrogens (tertiary/aromatic N) is 6. The highest BCUT2D eigenvalue weighted by atomic mass is 15.0. The Morgan fingerprint density at radius 3 is 1.34 bits per heavy atom. The molecule has 0 bridgehead atoms. The molecule has 0 aliphatic heterocycles. The molecule has 0 aliphatic rings. The minimum absolute atomic E-state index is 0.452. The summed E-state index contributed by atoms with van der Waals surface area (Å²) in [6.07, 6.45) is 0. The number of hydrogen-bond donors (Lipinski definition) is 0. The third kappa shape index (κ3) is 7.08. The van der Waals surface area contributed by atoms with E-state index >= 15 is 0 Å². The zero-order chi connectivity index (χ0) is 37.7. The Bertz CT molecular complexity index is 2850. The molecule has 0 fully saturated rings. The lowest BCUT2D eigenvalue weighted by Gasteiger charge is -2.12. The van der Waals surface area contributed by atoms with E-state index in [2.05, 4.69) is 109 Å². The topological polar surface area (TPSA) is 88.2 Å². The first-order valence-corrected chi connectivity index (χ1v) is 18.3. The standard InChI is InChI=1S/C50H32N6/c51-33-43-20-10-11-25-44(43)50-55-47(37-18-8-3-9-19-37)54-48(56-50)38-28-26-35(27-29-38)39-21-12-23-41(30-39)46-32-45(36-16-6-2-7-17-36)52-49(53-46)42-24-13-22-40(31-42)34-14-4-1-5-15-34/h1-32H. The van der Waals surface area contributed by atoms with Gasteiger partial charge in [0.05, 0.1) is 23.0 Å². The van der Waals surface area contributed by atoms with Gasteiger partial charge >= 0.3 is 0 Å². The molecule has 6 heteroatoms. The lowest BCUT2D eigenvalue weighted by atomic mass is 9.99. The van der Waals surface area contributed by atoms with Gasteiger partial charge in [-0.25, -0.2) is 24.9 Å². The number of nitriles is 1. The van der Waals surface area contributed by atoms with Crippen molar-refractivity contribution in [3.8, 4) is 96.4 Å². The van der Waals surface area contributed by atoms with E-state index in [1.807, 2.05) is 84.9 Å². The zero-order valence-corrected chi connectivity index (χ0v) is 30.2. The van der Waals surface area contributed by atoms with E-state index < -0.39 is 0 Å². The van der Waals surface area contributed by atoms with E-state index in [0.29, 0.717) is 34.4 Å².